The molecule has 1 amide bonds. The van der Waals surface area contributed by atoms with Gasteiger partial charge in [-0.15, -0.1) is 11.8 Å². The molecule has 0 atom stereocenters. The zero-order chi connectivity index (χ0) is 21.4. The molecular weight excluding hydrogens is 410 g/mol. The lowest BCUT2D eigenvalue weighted by molar-refractivity contribution is -0.116. The average Bonchev–Trinajstić information content (AvgIpc) is 2.95. The summed E-state index contributed by atoms with van der Waals surface area (Å²) in [7, 11) is 0. The average molecular weight is 429 g/mol. The predicted octanol–water partition coefficient (Wildman–Crippen LogP) is 4.85. The van der Waals surface area contributed by atoms with Gasteiger partial charge >= 0.3 is 5.97 Å². The zero-order valence-corrected chi connectivity index (χ0v) is 17.4. The Hall–Kier alpha value is -3.51. The van der Waals surface area contributed by atoms with Crippen molar-refractivity contribution >= 4 is 34.9 Å². The molecule has 6 heteroatoms. The molecule has 1 N–H and O–H groups in total. The van der Waals surface area contributed by atoms with Gasteiger partial charge in [-0.2, -0.15) is 0 Å². The molecule has 0 fully saturated rings. The Morgan fingerprint density at radius 1 is 1.06 bits per heavy atom. The standard InChI is InChI=1S/C25H19NO4S/c27-24-15-31-23-8-4-3-7-21(23)26(24)12-11-19-18-6-2-1-5-17(18)14-30-22-10-9-16(25(28)29)13-20(19)22/h1-11,13H,12,14-15H2,(H,28,29). The van der Waals surface area contributed by atoms with Crippen LogP contribution in [-0.2, 0) is 11.4 Å². The minimum absolute atomic E-state index is 0.0539. The Balaban J connectivity index is 1.63. The van der Waals surface area contributed by atoms with E-state index in [0.717, 1.165) is 32.8 Å². The molecule has 154 valence electrons. The largest absolute Gasteiger partial charge is 0.488 e. The van der Waals surface area contributed by atoms with Crippen molar-refractivity contribution in [1.82, 2.24) is 0 Å². The first kappa shape index (κ1) is 19.5. The Bertz CT molecular complexity index is 1230. The third-order valence-corrected chi connectivity index (χ3v) is 6.54. The molecule has 0 aliphatic carbocycles. The van der Waals surface area contributed by atoms with Gasteiger partial charge in [0.1, 0.15) is 12.4 Å². The molecule has 0 bridgehead atoms. The number of ether oxygens (including phenoxy) is 1. The van der Waals surface area contributed by atoms with E-state index in [2.05, 4.69) is 0 Å². The summed E-state index contributed by atoms with van der Waals surface area (Å²) in [5.74, 6) is 0.100. The van der Waals surface area contributed by atoms with Crippen LogP contribution in [0.25, 0.3) is 5.57 Å². The number of anilines is 1. The van der Waals surface area contributed by atoms with Gasteiger partial charge in [-0.25, -0.2) is 4.79 Å². The highest BCUT2D eigenvalue weighted by Gasteiger charge is 2.25. The molecule has 0 saturated heterocycles. The molecule has 5 rings (SSSR count). The van der Waals surface area contributed by atoms with Gasteiger partial charge in [0.15, 0.2) is 0 Å². The van der Waals surface area contributed by atoms with E-state index in [1.807, 2.05) is 54.6 Å². The number of para-hydroxylation sites is 1. The van der Waals surface area contributed by atoms with Gasteiger partial charge in [0, 0.05) is 17.0 Å². The van der Waals surface area contributed by atoms with E-state index < -0.39 is 5.97 Å². The molecule has 2 heterocycles. The molecule has 5 nitrogen and oxygen atoms in total. The quantitative estimate of drug-likeness (QED) is 0.645. The molecule has 3 aromatic rings. The number of hydrogen-bond donors (Lipinski definition) is 1. The van der Waals surface area contributed by atoms with Crippen LogP contribution in [0.2, 0.25) is 0 Å². The van der Waals surface area contributed by atoms with Gasteiger partial charge in [-0.05, 0) is 47.0 Å². The highest BCUT2D eigenvalue weighted by atomic mass is 32.2. The second-order valence-electron chi connectivity index (χ2n) is 7.34. The van der Waals surface area contributed by atoms with Crippen molar-refractivity contribution in [3.63, 3.8) is 0 Å². The van der Waals surface area contributed by atoms with Crippen molar-refractivity contribution in [2.75, 3.05) is 17.2 Å². The topological polar surface area (TPSA) is 66.8 Å². The van der Waals surface area contributed by atoms with Crippen molar-refractivity contribution < 1.29 is 19.4 Å². The van der Waals surface area contributed by atoms with Crippen molar-refractivity contribution in [1.29, 1.82) is 0 Å². The summed E-state index contributed by atoms with van der Waals surface area (Å²) in [6, 6.07) is 20.7. The number of benzene rings is 3. The number of amides is 1. The molecule has 0 saturated carbocycles. The van der Waals surface area contributed by atoms with Gasteiger partial charge in [0.2, 0.25) is 5.91 Å². The summed E-state index contributed by atoms with van der Waals surface area (Å²) in [5.41, 5.74) is 4.69. The van der Waals surface area contributed by atoms with Crippen LogP contribution in [0.3, 0.4) is 0 Å². The third-order valence-electron chi connectivity index (χ3n) is 5.49. The second-order valence-corrected chi connectivity index (χ2v) is 8.36. The molecule has 31 heavy (non-hydrogen) atoms. The van der Waals surface area contributed by atoms with E-state index in [1.54, 1.807) is 34.9 Å². The first-order valence-corrected chi connectivity index (χ1v) is 10.9. The number of carboxylic acids is 1. The summed E-state index contributed by atoms with van der Waals surface area (Å²) in [6.45, 7) is 0.784. The van der Waals surface area contributed by atoms with Crippen LogP contribution in [0.1, 0.15) is 27.0 Å². The van der Waals surface area contributed by atoms with Crippen LogP contribution >= 0.6 is 11.8 Å². The van der Waals surface area contributed by atoms with Crippen LogP contribution < -0.4 is 9.64 Å². The maximum Gasteiger partial charge on any atom is 0.335 e. The number of aromatic carboxylic acids is 1. The van der Waals surface area contributed by atoms with E-state index in [0.29, 0.717) is 24.7 Å². The van der Waals surface area contributed by atoms with Crippen LogP contribution in [0.4, 0.5) is 5.69 Å². The first-order valence-electron chi connectivity index (χ1n) is 9.93. The van der Waals surface area contributed by atoms with Crippen molar-refractivity contribution in [2.45, 2.75) is 11.5 Å². The Kier molecular flexibility index (Phi) is 5.00. The van der Waals surface area contributed by atoms with Crippen LogP contribution in [0.5, 0.6) is 5.75 Å². The molecular formula is C25H19NO4S. The van der Waals surface area contributed by atoms with E-state index in [-0.39, 0.29) is 11.5 Å². The molecule has 0 radical (unpaired) electrons. The number of carboxylic acid groups (broad SMARTS) is 1. The van der Waals surface area contributed by atoms with Crippen molar-refractivity contribution in [3.8, 4) is 5.75 Å². The Morgan fingerprint density at radius 3 is 2.74 bits per heavy atom. The van der Waals surface area contributed by atoms with Gasteiger partial charge in [-0.1, -0.05) is 42.5 Å². The Labute approximate surface area is 184 Å². The number of thioether (sulfide) groups is 1. The summed E-state index contributed by atoms with van der Waals surface area (Å²) >= 11 is 1.55. The van der Waals surface area contributed by atoms with Crippen LogP contribution in [0.15, 0.2) is 77.7 Å². The monoisotopic (exact) mass is 429 g/mol. The van der Waals surface area contributed by atoms with E-state index in [9.17, 15) is 14.7 Å². The lowest BCUT2D eigenvalue weighted by Crippen LogP contribution is -2.35. The lowest BCUT2D eigenvalue weighted by atomic mass is 9.93. The Morgan fingerprint density at radius 2 is 1.87 bits per heavy atom. The van der Waals surface area contributed by atoms with E-state index in [4.69, 9.17) is 4.74 Å². The predicted molar refractivity (Wildman–Crippen MR) is 121 cm³/mol. The van der Waals surface area contributed by atoms with E-state index in [1.165, 1.54) is 0 Å². The van der Waals surface area contributed by atoms with Crippen molar-refractivity contribution in [3.05, 3.63) is 95.1 Å². The minimum Gasteiger partial charge on any atom is -0.488 e. The normalized spacial score (nSPS) is 16.1. The fourth-order valence-corrected chi connectivity index (χ4v) is 4.90. The van der Waals surface area contributed by atoms with Gasteiger partial charge in [0.05, 0.1) is 17.0 Å². The van der Waals surface area contributed by atoms with Crippen molar-refractivity contribution in [2.24, 2.45) is 0 Å². The van der Waals surface area contributed by atoms with Gasteiger partial charge in [-0.3, -0.25) is 4.79 Å². The molecule has 3 aromatic carbocycles. The van der Waals surface area contributed by atoms with Gasteiger partial charge < -0.3 is 14.7 Å². The summed E-state index contributed by atoms with van der Waals surface area (Å²) in [4.78, 5) is 27.2. The highest BCUT2D eigenvalue weighted by molar-refractivity contribution is 8.00. The third kappa shape index (κ3) is 3.59. The molecule has 0 unspecified atom stereocenters. The number of nitrogens with zero attached hydrogens (tertiary/aromatic N) is 1. The van der Waals surface area contributed by atoms with Gasteiger partial charge in [0.25, 0.3) is 0 Å². The minimum atomic E-state index is -0.989. The molecule has 0 spiro atoms. The number of hydrogen-bond acceptors (Lipinski definition) is 4. The zero-order valence-electron chi connectivity index (χ0n) is 16.6. The molecule has 2 aliphatic rings. The summed E-state index contributed by atoms with van der Waals surface area (Å²) in [6.07, 6.45) is 2.00. The summed E-state index contributed by atoms with van der Waals surface area (Å²) in [5, 5.41) is 9.50. The maximum atomic E-state index is 12.7. The smallest absolute Gasteiger partial charge is 0.335 e. The second kappa shape index (κ2) is 7.96. The fraction of sp³-hybridized carbons (Fsp3) is 0.120. The van der Waals surface area contributed by atoms with Crippen LogP contribution in [0, 0.1) is 0 Å². The van der Waals surface area contributed by atoms with Crippen LogP contribution in [-0.4, -0.2) is 29.3 Å². The first-order chi connectivity index (χ1) is 15.1. The maximum absolute atomic E-state index is 12.7. The van der Waals surface area contributed by atoms with E-state index >= 15 is 0 Å². The molecule has 0 aromatic heterocycles. The highest BCUT2D eigenvalue weighted by Crippen LogP contribution is 2.39. The number of carbonyl (C=O) groups is 2. The number of rotatable bonds is 3. The SMILES string of the molecule is O=C(O)c1ccc2c(c1)C(=CCN1C(=O)CSc3ccccc31)c1ccccc1CO2. The number of carbonyl (C=O) groups excluding carboxylic acids is 1. The molecule has 2 aliphatic heterocycles. The summed E-state index contributed by atoms with van der Waals surface area (Å²) < 4.78 is 5.99. The lowest BCUT2D eigenvalue weighted by Gasteiger charge is -2.28. The number of fused-ring (bicyclic) bond motifs is 3. The fourth-order valence-electron chi connectivity index (χ4n) is 3.97.